The van der Waals surface area contributed by atoms with Gasteiger partial charge in [0.2, 0.25) is 17.7 Å². The Balaban J connectivity index is 0.784. The van der Waals surface area contributed by atoms with Crippen LogP contribution in [0, 0.1) is 43.8 Å². The van der Waals surface area contributed by atoms with Crippen molar-refractivity contribution < 1.29 is 18.8 Å². The molecule has 9 nitrogen and oxygen atoms in total. The predicted molar refractivity (Wildman–Crippen MR) is 331 cm³/mol. The minimum Gasteiger partial charge on any atom is -0.353 e. The molecule has 2 aliphatic heterocycles. The van der Waals surface area contributed by atoms with Crippen LogP contribution in [0.2, 0.25) is 0 Å². The largest absolute Gasteiger partial charge is 0.353 e. The summed E-state index contributed by atoms with van der Waals surface area (Å²) in [6.45, 7) is 12.5. The quantitative estimate of drug-likeness (QED) is 0.0943. The molecule has 13 saturated carbocycles. The lowest BCUT2D eigenvalue weighted by atomic mass is 9.33. The number of benzene rings is 3. The number of piperidine rings is 2. The average molecular weight is 1160 g/mol. The van der Waals surface area contributed by atoms with Crippen LogP contribution >= 0.6 is 11.6 Å². The van der Waals surface area contributed by atoms with E-state index in [2.05, 4.69) is 133 Å². The molecule has 452 valence electrons. The van der Waals surface area contributed by atoms with Crippen LogP contribution in [-0.2, 0) is 41.5 Å². The maximum absolute atomic E-state index is 15.8. The van der Waals surface area contributed by atoms with Gasteiger partial charge in [0, 0.05) is 37.1 Å². The van der Waals surface area contributed by atoms with Gasteiger partial charge in [-0.05, 0) is 256 Å². The first-order valence-corrected chi connectivity index (χ1v) is 34.1. The van der Waals surface area contributed by atoms with Crippen molar-refractivity contribution in [2.75, 3.05) is 32.1 Å². The van der Waals surface area contributed by atoms with Crippen molar-refractivity contribution in [1.82, 2.24) is 26.6 Å². The topological polar surface area (TPSA) is 137 Å². The number of hydrogen-bond donors (Lipinski definition) is 6. The Labute approximate surface area is 506 Å². The lowest BCUT2D eigenvalue weighted by molar-refractivity contribution is -0.167. The van der Waals surface area contributed by atoms with Crippen LogP contribution in [0.1, 0.15) is 216 Å². The number of alkyl halides is 2. The molecule has 15 aliphatic rings. The van der Waals surface area contributed by atoms with Crippen molar-refractivity contribution in [1.29, 1.82) is 0 Å². The van der Waals surface area contributed by atoms with E-state index < -0.39 is 28.5 Å². The molecule has 11 heteroatoms. The lowest BCUT2D eigenvalue weighted by Gasteiger charge is -2.70. The highest BCUT2D eigenvalue weighted by molar-refractivity contribution is 6.17. The van der Waals surface area contributed by atoms with Crippen LogP contribution in [0.3, 0.4) is 0 Å². The molecule has 3 aromatic carbocycles. The molecule has 84 heavy (non-hydrogen) atoms. The molecule has 15 atom stereocenters. The van der Waals surface area contributed by atoms with Crippen LogP contribution in [0.4, 0.5) is 4.39 Å². The number of nitrogens with two attached hydrogens (primary N) is 1. The van der Waals surface area contributed by atoms with Gasteiger partial charge in [-0.15, -0.1) is 11.6 Å². The van der Waals surface area contributed by atoms with Gasteiger partial charge in [0.05, 0.1) is 22.3 Å². The van der Waals surface area contributed by atoms with E-state index in [1.54, 1.807) is 0 Å². The van der Waals surface area contributed by atoms with Crippen LogP contribution in [0.25, 0.3) is 0 Å². The fourth-order valence-electron chi connectivity index (χ4n) is 25.5. The Morgan fingerprint density at radius 1 is 0.524 bits per heavy atom. The summed E-state index contributed by atoms with van der Waals surface area (Å²) in [7, 11) is 0. The maximum Gasteiger partial charge on any atom is 0.226 e. The van der Waals surface area contributed by atoms with Crippen molar-refractivity contribution >= 4 is 29.3 Å². The first-order chi connectivity index (χ1) is 40.0. The molecule has 0 aromatic heterocycles. The smallest absolute Gasteiger partial charge is 0.226 e. The van der Waals surface area contributed by atoms with Gasteiger partial charge in [-0.2, -0.15) is 0 Å². The lowest BCUT2D eigenvalue weighted by Crippen LogP contribution is -2.68. The first-order valence-electron chi connectivity index (χ1n) is 33.6. The summed E-state index contributed by atoms with van der Waals surface area (Å²) >= 11 is 6.71. The normalized spacial score (nSPS) is 46.4. The SMILES string of the molecule is CC1(C)CNCCC1NC(=O)C12CC3(c4ccc([C@]56CC7CC(C(=O)N[C@@H]8CCNC[C@@H]8F)(C[C@](CCCl)(C7)C5)C6)cc4)C[C@@](C)(C1)C[C@@](c1ccc(C45CC6(C(=O)N[C@H]7CC[C@@H](N)CC7)C[C@](C)(C4)C[C@@](c4ccccc4)(C6)C5)cc1)(C2)C3. The summed E-state index contributed by atoms with van der Waals surface area (Å²) in [5.74, 6) is 1.66. The van der Waals surface area contributed by atoms with Crippen LogP contribution in [-0.4, -0.2) is 80.1 Å². The van der Waals surface area contributed by atoms with E-state index in [1.807, 2.05) is 0 Å². The Morgan fingerprint density at radius 3 is 1.56 bits per heavy atom. The van der Waals surface area contributed by atoms with Crippen molar-refractivity contribution in [2.24, 2.45) is 49.6 Å². The van der Waals surface area contributed by atoms with E-state index in [1.165, 1.54) is 27.8 Å². The second-order valence-corrected chi connectivity index (χ2v) is 34.5. The number of hydrogen-bond acceptors (Lipinski definition) is 6. The number of nitrogens with one attached hydrogen (secondary N) is 5. The molecule has 12 bridgehead atoms. The van der Waals surface area contributed by atoms with Crippen molar-refractivity contribution in [3.63, 3.8) is 0 Å². The number of amides is 3. The first kappa shape index (κ1) is 56.7. The molecular formula is C73H98ClFN6O3. The summed E-state index contributed by atoms with van der Waals surface area (Å²) in [5.41, 5.74) is 10.9. The number of rotatable bonds is 13. The molecule has 0 radical (unpaired) electrons. The third kappa shape index (κ3) is 8.94. The summed E-state index contributed by atoms with van der Waals surface area (Å²) in [5, 5.41) is 17.6. The molecule has 7 N–H and O–H groups in total. The molecule has 3 amide bonds. The van der Waals surface area contributed by atoms with Gasteiger partial charge >= 0.3 is 0 Å². The van der Waals surface area contributed by atoms with Gasteiger partial charge in [0.15, 0.2) is 0 Å². The van der Waals surface area contributed by atoms with E-state index in [0.29, 0.717) is 24.8 Å². The van der Waals surface area contributed by atoms with Gasteiger partial charge in [-0.1, -0.05) is 107 Å². The van der Waals surface area contributed by atoms with Gasteiger partial charge in [-0.3, -0.25) is 14.4 Å². The predicted octanol–water partition coefficient (Wildman–Crippen LogP) is 12.3. The molecule has 13 aliphatic carbocycles. The molecule has 3 aromatic rings. The molecule has 0 spiro atoms. The van der Waals surface area contributed by atoms with E-state index >= 15 is 14.0 Å². The highest BCUT2D eigenvalue weighted by atomic mass is 35.5. The zero-order chi connectivity index (χ0) is 58.0. The molecule has 7 unspecified atom stereocenters. The van der Waals surface area contributed by atoms with Gasteiger partial charge in [-0.25, -0.2) is 4.39 Å². The monoisotopic (exact) mass is 1160 g/mol. The zero-order valence-electron chi connectivity index (χ0n) is 51.2. The highest BCUT2D eigenvalue weighted by Crippen LogP contribution is 2.77. The van der Waals surface area contributed by atoms with E-state index in [9.17, 15) is 4.79 Å². The Kier molecular flexibility index (Phi) is 13.0. The Morgan fingerprint density at radius 2 is 1.02 bits per heavy atom. The Bertz CT molecular complexity index is 3100. The summed E-state index contributed by atoms with van der Waals surface area (Å²) in [6, 6.07) is 31.3. The number of carbonyl (C=O) groups is 3. The maximum atomic E-state index is 15.8. The summed E-state index contributed by atoms with van der Waals surface area (Å²) < 4.78 is 15.4. The Hall–Kier alpha value is -3.83. The molecule has 15 fully saturated rings. The second kappa shape index (κ2) is 19.3. The van der Waals surface area contributed by atoms with Gasteiger partial charge in [0.1, 0.15) is 6.17 Å². The fraction of sp³-hybridized carbons (Fsp3) is 0.712. The fourth-order valence-corrected chi connectivity index (χ4v) is 25.9. The zero-order valence-corrected chi connectivity index (χ0v) is 52.0. The van der Waals surface area contributed by atoms with Crippen molar-refractivity contribution in [3.8, 4) is 0 Å². The van der Waals surface area contributed by atoms with E-state index in [4.69, 9.17) is 17.3 Å². The third-order valence-electron chi connectivity index (χ3n) is 26.8. The minimum absolute atomic E-state index is 0.00336. The van der Waals surface area contributed by atoms with Gasteiger partial charge in [0.25, 0.3) is 0 Å². The molecule has 18 rings (SSSR count). The molecular weight excluding hydrogens is 1060 g/mol. The van der Waals surface area contributed by atoms with Crippen molar-refractivity contribution in [3.05, 3.63) is 107 Å². The summed E-state index contributed by atoms with van der Waals surface area (Å²) in [4.78, 5) is 45.9. The number of halogens is 2. The van der Waals surface area contributed by atoms with Crippen LogP contribution in [0.5, 0.6) is 0 Å². The average Bonchev–Trinajstić information content (AvgIpc) is 0.703. The summed E-state index contributed by atoms with van der Waals surface area (Å²) in [6.07, 6.45) is 22.9. The second-order valence-electron chi connectivity index (χ2n) is 34.1. The third-order valence-corrected chi connectivity index (χ3v) is 27.0. The highest BCUT2D eigenvalue weighted by Gasteiger charge is 2.72. The standard InChI is InChI=1S/C73H98ClFN6O3/c1-62(2)47-78-27-23-58(62)81-61(84)73-37-64(4)34-70(45-73,51-12-10-50(11-13-51)66-29-48-28-65(38-66,24-25-74)39-67(30-48,40-66)59(82)80-57-22-26-77-31-56(57)75)42-71(35-64,46-73)53-16-14-52(15-17-53)69-33-63(3)32-68(41-69,49-8-6-5-7-9-49)43-72(36-63,44-69)60(83)79-55-20-18-54(76)19-21-55/h5-17,48,54-58,77-78H,18-47,76H2,1-4H3,(H,79,83)(H,80,82)(H,81,84)/t48?,54-,55+,56-,57+,58?,63-,64+,65+,66+,67?,68-,69?,70?,71-,72?,73?/m0/s1. The van der Waals surface area contributed by atoms with Crippen LogP contribution in [0.15, 0.2) is 78.9 Å². The van der Waals surface area contributed by atoms with E-state index in [-0.39, 0.29) is 84.6 Å². The van der Waals surface area contributed by atoms with E-state index in [0.717, 1.165) is 174 Å². The molecule has 2 saturated heterocycles. The van der Waals surface area contributed by atoms with Crippen LogP contribution < -0.4 is 32.3 Å². The minimum atomic E-state index is -1.08. The van der Waals surface area contributed by atoms with Crippen molar-refractivity contribution in [2.45, 2.75) is 246 Å². The van der Waals surface area contributed by atoms with Gasteiger partial charge < -0.3 is 32.3 Å². The molecule has 2 heterocycles. The number of carbonyl (C=O) groups excluding carboxylic acids is 3.